The van der Waals surface area contributed by atoms with Crippen LogP contribution in [-0.2, 0) is 9.47 Å². The third kappa shape index (κ3) is 1.71. The number of fused-ring (bicyclic) bond motifs is 1. The van der Waals surface area contributed by atoms with Gasteiger partial charge in [0.15, 0.2) is 0 Å². The van der Waals surface area contributed by atoms with Crippen molar-refractivity contribution in [3.8, 4) is 0 Å². The molecule has 0 aromatic heterocycles. The van der Waals surface area contributed by atoms with E-state index in [1.54, 1.807) is 5.57 Å². The highest BCUT2D eigenvalue weighted by Crippen LogP contribution is 2.41. The molecule has 90 valence electrons. The Labute approximate surface area is 97.4 Å². The molecular weight excluding hydrogens is 202 g/mol. The van der Waals surface area contributed by atoms with E-state index in [0.29, 0.717) is 11.5 Å². The van der Waals surface area contributed by atoms with Crippen molar-refractivity contribution < 1.29 is 9.47 Å². The van der Waals surface area contributed by atoms with Gasteiger partial charge in [-0.1, -0.05) is 11.6 Å². The molecule has 3 rings (SSSR count). The highest BCUT2D eigenvalue weighted by atomic mass is 16.5. The van der Waals surface area contributed by atoms with Gasteiger partial charge in [-0.05, 0) is 25.8 Å². The predicted molar refractivity (Wildman–Crippen MR) is 62.4 cm³/mol. The quantitative estimate of drug-likeness (QED) is 0.676. The zero-order valence-electron chi connectivity index (χ0n) is 10.1. The maximum atomic E-state index is 5.43. The van der Waals surface area contributed by atoms with Gasteiger partial charge in [-0.25, -0.2) is 0 Å². The minimum absolute atomic E-state index is 0.338. The first-order valence-corrected chi connectivity index (χ1v) is 6.34. The summed E-state index contributed by atoms with van der Waals surface area (Å²) in [4.78, 5) is 2.63. The summed E-state index contributed by atoms with van der Waals surface area (Å²) in [5.41, 5.74) is 1.95. The number of hydrogen-bond donors (Lipinski definition) is 0. The first kappa shape index (κ1) is 10.8. The molecule has 0 spiro atoms. The zero-order chi connectivity index (χ0) is 11.0. The summed E-state index contributed by atoms with van der Waals surface area (Å²) in [5, 5.41) is 0. The molecule has 1 atom stereocenters. The van der Waals surface area contributed by atoms with Crippen LogP contribution in [0.1, 0.15) is 19.3 Å². The third-order valence-corrected chi connectivity index (χ3v) is 4.24. The molecule has 0 N–H and O–H groups in total. The van der Waals surface area contributed by atoms with Crippen molar-refractivity contribution in [3.63, 3.8) is 0 Å². The summed E-state index contributed by atoms with van der Waals surface area (Å²) < 4.78 is 10.7. The van der Waals surface area contributed by atoms with E-state index in [2.05, 4.69) is 11.0 Å². The Balaban J connectivity index is 1.71. The van der Waals surface area contributed by atoms with Gasteiger partial charge in [-0.3, -0.25) is 4.90 Å². The van der Waals surface area contributed by atoms with Crippen LogP contribution in [0.5, 0.6) is 0 Å². The maximum Gasteiger partial charge on any atom is 0.0649 e. The first-order valence-electron chi connectivity index (χ1n) is 6.34. The lowest BCUT2D eigenvalue weighted by molar-refractivity contribution is -0.00810. The molecule has 0 radical (unpaired) electrons. The van der Waals surface area contributed by atoms with Gasteiger partial charge in [0.05, 0.1) is 19.8 Å². The predicted octanol–water partition coefficient (Wildman–Crippen LogP) is 1.44. The first-order chi connectivity index (χ1) is 7.82. The van der Waals surface area contributed by atoms with Gasteiger partial charge in [0, 0.05) is 25.1 Å². The number of ether oxygens (including phenoxy) is 2. The molecule has 0 saturated carbocycles. The summed E-state index contributed by atoms with van der Waals surface area (Å²) in [6.45, 7) is 5.18. The van der Waals surface area contributed by atoms with Crippen LogP contribution in [-0.4, -0.2) is 50.5 Å². The molecule has 3 aliphatic rings. The summed E-state index contributed by atoms with van der Waals surface area (Å²) in [6.07, 6.45) is 6.32. The summed E-state index contributed by atoms with van der Waals surface area (Å²) in [6, 6.07) is 0. The van der Waals surface area contributed by atoms with E-state index in [-0.39, 0.29) is 0 Å². The molecule has 0 aromatic rings. The lowest BCUT2D eigenvalue weighted by Gasteiger charge is -2.30. The van der Waals surface area contributed by atoms with E-state index < -0.39 is 0 Å². The SMILES string of the molecule is COC[C@@]12CCCN1C/C(=C\C1COC1)C2. The Morgan fingerprint density at radius 3 is 3.12 bits per heavy atom. The molecule has 0 bridgehead atoms. The van der Waals surface area contributed by atoms with Crippen molar-refractivity contribution in [2.75, 3.05) is 40.0 Å². The molecule has 0 aromatic carbocycles. The fourth-order valence-corrected chi connectivity index (χ4v) is 3.44. The molecule has 3 nitrogen and oxygen atoms in total. The highest BCUT2D eigenvalue weighted by Gasteiger charge is 2.46. The van der Waals surface area contributed by atoms with Gasteiger partial charge in [-0.15, -0.1) is 0 Å². The zero-order valence-corrected chi connectivity index (χ0v) is 10.1. The molecule has 3 aliphatic heterocycles. The molecule has 3 saturated heterocycles. The lowest BCUT2D eigenvalue weighted by Crippen LogP contribution is -2.42. The summed E-state index contributed by atoms with van der Waals surface area (Å²) in [7, 11) is 1.83. The standard InChI is InChI=1S/C13H21NO2/c1-15-10-13-3-2-4-14(13)7-11(6-13)5-12-8-16-9-12/h5,12H,2-4,6-10H2,1H3/b11-5-/t13-/m0/s1. The number of hydrogen-bond acceptors (Lipinski definition) is 3. The van der Waals surface area contributed by atoms with Crippen molar-refractivity contribution in [3.05, 3.63) is 11.6 Å². The smallest absolute Gasteiger partial charge is 0.0649 e. The number of methoxy groups -OCH3 is 1. The summed E-state index contributed by atoms with van der Waals surface area (Å²) in [5.74, 6) is 0.689. The van der Waals surface area contributed by atoms with Gasteiger partial charge in [0.25, 0.3) is 0 Å². The van der Waals surface area contributed by atoms with Gasteiger partial charge in [0.2, 0.25) is 0 Å². The fraction of sp³-hybridized carbons (Fsp3) is 0.846. The van der Waals surface area contributed by atoms with Crippen LogP contribution in [0.15, 0.2) is 11.6 Å². The minimum atomic E-state index is 0.338. The van der Waals surface area contributed by atoms with Crippen molar-refractivity contribution in [1.82, 2.24) is 4.90 Å². The number of rotatable bonds is 3. The third-order valence-electron chi connectivity index (χ3n) is 4.24. The van der Waals surface area contributed by atoms with Crippen molar-refractivity contribution in [2.45, 2.75) is 24.8 Å². The molecule has 0 aliphatic carbocycles. The normalized spacial score (nSPS) is 37.9. The minimum Gasteiger partial charge on any atom is -0.383 e. The molecular formula is C13H21NO2. The summed E-state index contributed by atoms with van der Waals surface area (Å²) >= 11 is 0. The molecule has 3 heteroatoms. The number of nitrogens with zero attached hydrogens (tertiary/aromatic N) is 1. The Kier molecular flexibility index (Phi) is 2.78. The fourth-order valence-electron chi connectivity index (χ4n) is 3.44. The van der Waals surface area contributed by atoms with Gasteiger partial charge >= 0.3 is 0 Å². The second-order valence-electron chi connectivity index (χ2n) is 5.48. The monoisotopic (exact) mass is 223 g/mol. The Morgan fingerprint density at radius 1 is 1.56 bits per heavy atom. The Hall–Kier alpha value is -0.380. The second kappa shape index (κ2) is 4.13. The van der Waals surface area contributed by atoms with Crippen LogP contribution < -0.4 is 0 Å². The van der Waals surface area contributed by atoms with E-state index >= 15 is 0 Å². The van der Waals surface area contributed by atoms with Crippen LogP contribution in [0, 0.1) is 5.92 Å². The van der Waals surface area contributed by atoms with Crippen molar-refractivity contribution in [2.24, 2.45) is 5.92 Å². The van der Waals surface area contributed by atoms with Crippen molar-refractivity contribution in [1.29, 1.82) is 0 Å². The van der Waals surface area contributed by atoms with Crippen molar-refractivity contribution >= 4 is 0 Å². The van der Waals surface area contributed by atoms with Crippen LogP contribution in [0.4, 0.5) is 0 Å². The van der Waals surface area contributed by atoms with Crippen LogP contribution >= 0.6 is 0 Å². The van der Waals surface area contributed by atoms with E-state index in [4.69, 9.17) is 9.47 Å². The van der Waals surface area contributed by atoms with E-state index in [9.17, 15) is 0 Å². The van der Waals surface area contributed by atoms with E-state index in [1.165, 1.54) is 32.4 Å². The Bertz CT molecular complexity index is 298. The highest BCUT2D eigenvalue weighted by molar-refractivity contribution is 5.22. The van der Waals surface area contributed by atoms with Crippen LogP contribution in [0.25, 0.3) is 0 Å². The topological polar surface area (TPSA) is 21.7 Å². The van der Waals surface area contributed by atoms with E-state index in [0.717, 1.165) is 19.8 Å². The van der Waals surface area contributed by atoms with Gasteiger partial charge in [0.1, 0.15) is 0 Å². The maximum absolute atomic E-state index is 5.43. The largest absolute Gasteiger partial charge is 0.383 e. The molecule has 3 heterocycles. The Morgan fingerprint density at radius 2 is 2.44 bits per heavy atom. The van der Waals surface area contributed by atoms with Crippen LogP contribution in [0.2, 0.25) is 0 Å². The lowest BCUT2D eigenvalue weighted by atomic mass is 9.92. The molecule has 0 unspecified atom stereocenters. The van der Waals surface area contributed by atoms with E-state index in [1.807, 2.05) is 7.11 Å². The molecule has 3 fully saturated rings. The van der Waals surface area contributed by atoms with Crippen LogP contribution in [0.3, 0.4) is 0 Å². The second-order valence-corrected chi connectivity index (χ2v) is 5.48. The van der Waals surface area contributed by atoms with Gasteiger partial charge < -0.3 is 9.47 Å². The van der Waals surface area contributed by atoms with Gasteiger partial charge in [-0.2, -0.15) is 0 Å². The average molecular weight is 223 g/mol. The molecule has 16 heavy (non-hydrogen) atoms. The average Bonchev–Trinajstić information content (AvgIpc) is 2.68. The molecule has 0 amide bonds.